The number of allylic oxidation sites excluding steroid dienone is 1. The normalized spacial score (nSPS) is 10.6. The average molecular weight is 162 g/mol. The lowest BCUT2D eigenvalue weighted by Gasteiger charge is -2.10. The predicted molar refractivity (Wildman–Crippen MR) is 53.3 cm³/mol. The van der Waals surface area contributed by atoms with Crippen molar-refractivity contribution in [3.63, 3.8) is 0 Å². The highest BCUT2D eigenvalue weighted by Crippen LogP contribution is 2.08. The third kappa shape index (κ3) is 2.09. The molecule has 0 aromatic carbocycles. The molecule has 1 aromatic heterocycles. The Labute approximate surface area is 73.5 Å². The van der Waals surface area contributed by atoms with E-state index in [0.717, 1.165) is 11.4 Å². The largest absolute Gasteiger partial charge is 0.363 e. The van der Waals surface area contributed by atoms with Crippen molar-refractivity contribution in [1.82, 2.24) is 4.98 Å². The third-order valence-corrected chi connectivity index (χ3v) is 1.59. The molecule has 0 atom stereocenters. The Morgan fingerprint density at radius 3 is 2.50 bits per heavy atom. The Balaban J connectivity index is 2.85. The van der Waals surface area contributed by atoms with Crippen molar-refractivity contribution in [2.45, 2.75) is 6.92 Å². The molecule has 12 heavy (non-hydrogen) atoms. The maximum atomic E-state index is 4.27. The van der Waals surface area contributed by atoms with Crippen LogP contribution < -0.4 is 4.90 Å². The highest BCUT2D eigenvalue weighted by Gasteiger charge is 1.93. The zero-order chi connectivity index (χ0) is 8.97. The summed E-state index contributed by atoms with van der Waals surface area (Å²) < 4.78 is 0. The quantitative estimate of drug-likeness (QED) is 0.662. The van der Waals surface area contributed by atoms with E-state index in [2.05, 4.69) is 11.1 Å². The van der Waals surface area contributed by atoms with Gasteiger partial charge in [0.1, 0.15) is 5.82 Å². The van der Waals surface area contributed by atoms with Crippen molar-refractivity contribution in [2.75, 3.05) is 19.0 Å². The summed E-state index contributed by atoms with van der Waals surface area (Å²) >= 11 is 0. The van der Waals surface area contributed by atoms with Crippen molar-refractivity contribution in [1.29, 1.82) is 0 Å². The Morgan fingerprint density at radius 1 is 1.33 bits per heavy atom. The van der Waals surface area contributed by atoms with E-state index in [1.54, 1.807) is 0 Å². The zero-order valence-corrected chi connectivity index (χ0v) is 7.78. The molecule has 1 heterocycles. The van der Waals surface area contributed by atoms with E-state index >= 15 is 0 Å². The number of nitrogens with zero attached hydrogens (tertiary/aromatic N) is 2. The topological polar surface area (TPSA) is 16.1 Å². The summed E-state index contributed by atoms with van der Waals surface area (Å²) in [6.45, 7) is 2.00. The Hall–Kier alpha value is -1.31. The average Bonchev–Trinajstić information content (AvgIpc) is 2.06. The maximum absolute atomic E-state index is 4.27. The third-order valence-electron chi connectivity index (χ3n) is 1.59. The van der Waals surface area contributed by atoms with Gasteiger partial charge in [0.15, 0.2) is 0 Å². The van der Waals surface area contributed by atoms with Gasteiger partial charge in [0, 0.05) is 20.3 Å². The molecule has 0 aliphatic heterocycles. The fourth-order valence-electron chi connectivity index (χ4n) is 0.953. The summed E-state index contributed by atoms with van der Waals surface area (Å²) in [5.74, 6) is 0.989. The van der Waals surface area contributed by atoms with Crippen LogP contribution in [-0.4, -0.2) is 19.1 Å². The molecule has 1 aromatic rings. The molecular formula is C10H14N2. The molecule has 0 aliphatic rings. The second-order valence-electron chi connectivity index (χ2n) is 2.84. The minimum absolute atomic E-state index is 0.989. The van der Waals surface area contributed by atoms with Gasteiger partial charge in [0.05, 0.1) is 0 Å². The van der Waals surface area contributed by atoms with Crippen LogP contribution in [0.3, 0.4) is 0 Å². The van der Waals surface area contributed by atoms with Gasteiger partial charge in [0.25, 0.3) is 0 Å². The van der Waals surface area contributed by atoms with Gasteiger partial charge >= 0.3 is 0 Å². The van der Waals surface area contributed by atoms with E-state index in [4.69, 9.17) is 0 Å². The first kappa shape index (κ1) is 8.78. The highest BCUT2D eigenvalue weighted by atomic mass is 15.1. The molecule has 0 amide bonds. The van der Waals surface area contributed by atoms with E-state index < -0.39 is 0 Å². The standard InChI is InChI=1S/C10H14N2/c1-4-5-9-6-7-10(11-8-9)12(2)3/h4-8H,1-3H3/b5-4+. The first-order chi connectivity index (χ1) is 5.74. The monoisotopic (exact) mass is 162 g/mol. The van der Waals surface area contributed by atoms with Crippen LogP contribution >= 0.6 is 0 Å². The second kappa shape index (κ2) is 3.90. The summed E-state index contributed by atoms with van der Waals surface area (Å²) in [6.07, 6.45) is 5.91. The van der Waals surface area contributed by atoms with E-state index in [1.807, 2.05) is 50.3 Å². The molecule has 0 unspecified atom stereocenters. The lowest BCUT2D eigenvalue weighted by molar-refractivity contribution is 1.07. The number of hydrogen-bond donors (Lipinski definition) is 0. The second-order valence-corrected chi connectivity index (χ2v) is 2.84. The Morgan fingerprint density at radius 2 is 2.08 bits per heavy atom. The lowest BCUT2D eigenvalue weighted by atomic mass is 10.2. The molecule has 0 fully saturated rings. The number of rotatable bonds is 2. The van der Waals surface area contributed by atoms with Gasteiger partial charge in [-0.1, -0.05) is 12.2 Å². The summed E-state index contributed by atoms with van der Waals surface area (Å²) in [7, 11) is 3.97. The molecule has 1 rings (SSSR count). The number of anilines is 1. The Kier molecular flexibility index (Phi) is 2.86. The van der Waals surface area contributed by atoms with Crippen LogP contribution in [0.25, 0.3) is 6.08 Å². The summed E-state index contributed by atoms with van der Waals surface area (Å²) in [5.41, 5.74) is 1.14. The van der Waals surface area contributed by atoms with Gasteiger partial charge in [-0.05, 0) is 24.6 Å². The zero-order valence-electron chi connectivity index (χ0n) is 7.78. The van der Waals surface area contributed by atoms with Crippen molar-refractivity contribution < 1.29 is 0 Å². The molecule has 0 aliphatic carbocycles. The van der Waals surface area contributed by atoms with Gasteiger partial charge in [-0.15, -0.1) is 0 Å². The molecule has 2 heteroatoms. The van der Waals surface area contributed by atoms with E-state index in [0.29, 0.717) is 0 Å². The molecule has 0 saturated carbocycles. The van der Waals surface area contributed by atoms with Crippen molar-refractivity contribution in [3.05, 3.63) is 30.0 Å². The van der Waals surface area contributed by atoms with Crippen LogP contribution in [0.4, 0.5) is 5.82 Å². The van der Waals surface area contributed by atoms with Crippen molar-refractivity contribution in [2.24, 2.45) is 0 Å². The van der Waals surface area contributed by atoms with E-state index in [-0.39, 0.29) is 0 Å². The van der Waals surface area contributed by atoms with Gasteiger partial charge in [-0.2, -0.15) is 0 Å². The van der Waals surface area contributed by atoms with Crippen LogP contribution in [0.1, 0.15) is 12.5 Å². The molecule has 0 radical (unpaired) electrons. The van der Waals surface area contributed by atoms with E-state index in [9.17, 15) is 0 Å². The van der Waals surface area contributed by atoms with Crippen LogP contribution in [0, 0.1) is 0 Å². The first-order valence-electron chi connectivity index (χ1n) is 4.00. The number of hydrogen-bond acceptors (Lipinski definition) is 2. The predicted octanol–water partition coefficient (Wildman–Crippen LogP) is 2.18. The van der Waals surface area contributed by atoms with Crippen LogP contribution in [0.5, 0.6) is 0 Å². The lowest BCUT2D eigenvalue weighted by Crippen LogP contribution is -2.09. The smallest absolute Gasteiger partial charge is 0.127 e. The van der Waals surface area contributed by atoms with E-state index in [1.165, 1.54) is 0 Å². The maximum Gasteiger partial charge on any atom is 0.127 e. The van der Waals surface area contributed by atoms with Crippen LogP contribution in [0.2, 0.25) is 0 Å². The molecule has 0 N–H and O–H groups in total. The SMILES string of the molecule is C/C=C/c1ccc(N(C)C)nc1. The van der Waals surface area contributed by atoms with Gasteiger partial charge in [-0.25, -0.2) is 4.98 Å². The summed E-state index contributed by atoms with van der Waals surface area (Å²) in [5, 5.41) is 0. The van der Waals surface area contributed by atoms with Gasteiger partial charge in [0.2, 0.25) is 0 Å². The fourth-order valence-corrected chi connectivity index (χ4v) is 0.953. The highest BCUT2D eigenvalue weighted by molar-refractivity contribution is 5.50. The molecule has 0 saturated heterocycles. The van der Waals surface area contributed by atoms with Crippen molar-refractivity contribution >= 4 is 11.9 Å². The van der Waals surface area contributed by atoms with Crippen LogP contribution in [0.15, 0.2) is 24.4 Å². The molecule has 0 spiro atoms. The first-order valence-corrected chi connectivity index (χ1v) is 4.00. The molecule has 2 nitrogen and oxygen atoms in total. The minimum atomic E-state index is 0.989. The van der Waals surface area contributed by atoms with Gasteiger partial charge < -0.3 is 4.90 Å². The van der Waals surface area contributed by atoms with Gasteiger partial charge in [-0.3, -0.25) is 0 Å². The Bertz CT molecular complexity index is 260. The number of pyridine rings is 1. The molecule has 0 bridgehead atoms. The number of aromatic nitrogens is 1. The summed E-state index contributed by atoms with van der Waals surface area (Å²) in [4.78, 5) is 6.26. The summed E-state index contributed by atoms with van der Waals surface area (Å²) in [6, 6.07) is 4.07. The minimum Gasteiger partial charge on any atom is -0.363 e. The molecular weight excluding hydrogens is 148 g/mol. The fraction of sp³-hybridized carbons (Fsp3) is 0.300. The molecule has 64 valence electrons. The van der Waals surface area contributed by atoms with Crippen LogP contribution in [-0.2, 0) is 0 Å². The van der Waals surface area contributed by atoms with Crippen molar-refractivity contribution in [3.8, 4) is 0 Å².